The highest BCUT2D eigenvalue weighted by Gasteiger charge is 2.21. The molecular weight excluding hydrogens is 274 g/mol. The minimum atomic E-state index is -0.700. The summed E-state index contributed by atoms with van der Waals surface area (Å²) in [5.74, 6) is -0.560. The van der Waals surface area contributed by atoms with E-state index in [-0.39, 0.29) is 5.56 Å². The van der Waals surface area contributed by atoms with Crippen LogP contribution in [0.15, 0.2) is 18.2 Å². The average molecular weight is 296 g/mol. The molecule has 1 aromatic rings. The van der Waals surface area contributed by atoms with E-state index in [2.05, 4.69) is 24.1 Å². The van der Waals surface area contributed by atoms with Gasteiger partial charge < -0.3 is 10.2 Å². The van der Waals surface area contributed by atoms with Gasteiger partial charge in [-0.3, -0.25) is 4.79 Å². The van der Waals surface area contributed by atoms with Crippen LogP contribution in [0.3, 0.4) is 0 Å². The molecule has 2 atom stereocenters. The first-order valence-corrected chi connectivity index (χ1v) is 7.41. The number of nitrogens with zero attached hydrogens (tertiary/aromatic N) is 1. The van der Waals surface area contributed by atoms with Gasteiger partial charge in [0.15, 0.2) is 0 Å². The molecule has 1 aliphatic rings. The summed E-state index contributed by atoms with van der Waals surface area (Å²) in [6, 6.07) is 2.90. The molecule has 0 radical (unpaired) electrons. The van der Waals surface area contributed by atoms with Crippen LogP contribution in [0.2, 0.25) is 0 Å². The molecule has 1 aromatic carbocycles. The Bertz CT molecular complexity index is 497. The maximum absolute atomic E-state index is 13.5. The third-order valence-electron chi connectivity index (χ3n) is 3.83. The molecule has 1 aliphatic heterocycles. The molecule has 0 aromatic heterocycles. The number of hydrogen-bond acceptors (Lipinski definition) is 2. The van der Waals surface area contributed by atoms with Crippen LogP contribution in [0.5, 0.6) is 0 Å². The van der Waals surface area contributed by atoms with E-state index in [0.717, 1.165) is 37.8 Å². The number of piperidine rings is 1. The fourth-order valence-electron chi connectivity index (χ4n) is 3.07. The van der Waals surface area contributed by atoms with Crippen molar-refractivity contribution in [3.8, 4) is 0 Å². The number of nitrogens with one attached hydrogen (secondary N) is 1. The van der Waals surface area contributed by atoms with Gasteiger partial charge >= 0.3 is 0 Å². The van der Waals surface area contributed by atoms with Crippen molar-refractivity contribution in [2.24, 2.45) is 11.8 Å². The number of carbonyl (C=O) groups is 1. The predicted molar refractivity (Wildman–Crippen MR) is 78.1 cm³/mol. The Kier molecular flexibility index (Phi) is 5.28. The van der Waals surface area contributed by atoms with Crippen LogP contribution in [-0.4, -0.2) is 37.0 Å². The number of amides is 1. The molecule has 2 rings (SSSR count). The second-order valence-electron chi connectivity index (χ2n) is 6.09. The van der Waals surface area contributed by atoms with Crippen molar-refractivity contribution in [1.82, 2.24) is 10.2 Å². The van der Waals surface area contributed by atoms with Crippen molar-refractivity contribution in [3.05, 3.63) is 35.4 Å². The van der Waals surface area contributed by atoms with Gasteiger partial charge in [-0.15, -0.1) is 0 Å². The van der Waals surface area contributed by atoms with E-state index in [1.165, 1.54) is 6.42 Å². The standard InChI is InChI=1S/C16H22F2N2O/c1-11-7-12(2)10-20(9-11)6-5-19-16(21)14-8-13(17)3-4-15(14)18/h3-4,8,11-12H,5-7,9-10H2,1-2H3,(H,19,21)/t11-,12+. The molecule has 0 aliphatic carbocycles. The molecule has 1 amide bonds. The highest BCUT2D eigenvalue weighted by atomic mass is 19.1. The summed E-state index contributed by atoms with van der Waals surface area (Å²) < 4.78 is 26.5. The second-order valence-corrected chi connectivity index (χ2v) is 6.09. The van der Waals surface area contributed by atoms with Gasteiger partial charge in [0.05, 0.1) is 5.56 Å². The summed E-state index contributed by atoms with van der Waals surface area (Å²) in [4.78, 5) is 14.2. The summed E-state index contributed by atoms with van der Waals surface area (Å²) in [6.45, 7) is 7.67. The monoisotopic (exact) mass is 296 g/mol. The molecule has 0 saturated carbocycles. The van der Waals surface area contributed by atoms with Gasteiger partial charge in [0, 0.05) is 26.2 Å². The Morgan fingerprint density at radius 2 is 1.95 bits per heavy atom. The zero-order valence-corrected chi connectivity index (χ0v) is 12.5. The van der Waals surface area contributed by atoms with Crippen LogP contribution in [0.1, 0.15) is 30.6 Å². The van der Waals surface area contributed by atoms with E-state index in [4.69, 9.17) is 0 Å². The topological polar surface area (TPSA) is 32.3 Å². The van der Waals surface area contributed by atoms with Gasteiger partial charge in [0.2, 0.25) is 0 Å². The van der Waals surface area contributed by atoms with Crippen molar-refractivity contribution < 1.29 is 13.6 Å². The molecule has 5 heteroatoms. The number of halogens is 2. The zero-order chi connectivity index (χ0) is 15.4. The lowest BCUT2D eigenvalue weighted by molar-refractivity contribution is 0.0932. The molecule has 3 nitrogen and oxygen atoms in total. The van der Waals surface area contributed by atoms with E-state index in [1.54, 1.807) is 0 Å². The first-order valence-electron chi connectivity index (χ1n) is 7.41. The van der Waals surface area contributed by atoms with Gasteiger partial charge in [0.25, 0.3) is 5.91 Å². The first-order chi connectivity index (χ1) is 9.95. The van der Waals surface area contributed by atoms with Crippen molar-refractivity contribution >= 4 is 5.91 Å². The molecule has 0 spiro atoms. The van der Waals surface area contributed by atoms with Crippen LogP contribution in [0, 0.1) is 23.5 Å². The normalized spacial score (nSPS) is 23.0. The lowest BCUT2D eigenvalue weighted by Gasteiger charge is -2.34. The lowest BCUT2D eigenvalue weighted by Crippen LogP contribution is -2.43. The van der Waals surface area contributed by atoms with Gasteiger partial charge in [-0.1, -0.05) is 13.8 Å². The SMILES string of the molecule is C[C@@H]1C[C@H](C)CN(CCNC(=O)c2cc(F)ccc2F)C1. The minimum absolute atomic E-state index is 0.240. The van der Waals surface area contributed by atoms with Crippen molar-refractivity contribution in [3.63, 3.8) is 0 Å². The third kappa shape index (κ3) is 4.49. The Morgan fingerprint density at radius 3 is 2.62 bits per heavy atom. The summed E-state index contributed by atoms with van der Waals surface area (Å²) >= 11 is 0. The van der Waals surface area contributed by atoms with Gasteiger partial charge in [-0.25, -0.2) is 8.78 Å². The van der Waals surface area contributed by atoms with Crippen molar-refractivity contribution in [2.45, 2.75) is 20.3 Å². The molecule has 1 fully saturated rings. The number of rotatable bonds is 4. The molecule has 0 bridgehead atoms. The molecular formula is C16H22F2N2O. The smallest absolute Gasteiger partial charge is 0.254 e. The molecule has 116 valence electrons. The molecule has 0 unspecified atom stereocenters. The summed E-state index contributed by atoms with van der Waals surface area (Å²) in [5.41, 5.74) is -0.240. The van der Waals surface area contributed by atoms with Crippen molar-refractivity contribution in [1.29, 1.82) is 0 Å². The molecule has 21 heavy (non-hydrogen) atoms. The fraction of sp³-hybridized carbons (Fsp3) is 0.562. The summed E-state index contributed by atoms with van der Waals surface area (Å²) in [5, 5.41) is 2.66. The number of carbonyl (C=O) groups excluding carboxylic acids is 1. The average Bonchev–Trinajstić information content (AvgIpc) is 2.40. The molecule has 1 N–H and O–H groups in total. The maximum atomic E-state index is 13.5. The van der Waals surface area contributed by atoms with Crippen LogP contribution in [-0.2, 0) is 0 Å². The Balaban J connectivity index is 1.83. The van der Waals surface area contributed by atoms with E-state index >= 15 is 0 Å². The zero-order valence-electron chi connectivity index (χ0n) is 12.5. The van der Waals surface area contributed by atoms with Gasteiger partial charge in [-0.2, -0.15) is 0 Å². The van der Waals surface area contributed by atoms with Gasteiger partial charge in [-0.05, 0) is 36.5 Å². The van der Waals surface area contributed by atoms with Gasteiger partial charge in [0.1, 0.15) is 11.6 Å². The van der Waals surface area contributed by atoms with Crippen molar-refractivity contribution in [2.75, 3.05) is 26.2 Å². The van der Waals surface area contributed by atoms with Crippen LogP contribution in [0.4, 0.5) is 8.78 Å². The first kappa shape index (κ1) is 15.9. The lowest BCUT2D eigenvalue weighted by atomic mass is 9.92. The quantitative estimate of drug-likeness (QED) is 0.926. The minimum Gasteiger partial charge on any atom is -0.351 e. The third-order valence-corrected chi connectivity index (χ3v) is 3.83. The van der Waals surface area contributed by atoms with Crippen LogP contribution >= 0.6 is 0 Å². The number of hydrogen-bond donors (Lipinski definition) is 1. The second kappa shape index (κ2) is 6.98. The van der Waals surface area contributed by atoms with E-state index in [1.807, 2.05) is 0 Å². The number of likely N-dealkylation sites (tertiary alicyclic amines) is 1. The molecule has 1 saturated heterocycles. The fourth-order valence-corrected chi connectivity index (χ4v) is 3.07. The summed E-state index contributed by atoms with van der Waals surface area (Å²) in [6.07, 6.45) is 1.23. The van der Waals surface area contributed by atoms with Crippen LogP contribution < -0.4 is 5.32 Å². The van der Waals surface area contributed by atoms with E-state index < -0.39 is 17.5 Å². The van der Waals surface area contributed by atoms with Crippen LogP contribution in [0.25, 0.3) is 0 Å². The van der Waals surface area contributed by atoms with E-state index in [0.29, 0.717) is 18.4 Å². The highest BCUT2D eigenvalue weighted by molar-refractivity contribution is 5.94. The Morgan fingerprint density at radius 1 is 1.29 bits per heavy atom. The molecule has 1 heterocycles. The maximum Gasteiger partial charge on any atom is 0.254 e. The Labute approximate surface area is 124 Å². The summed E-state index contributed by atoms with van der Waals surface area (Å²) in [7, 11) is 0. The highest BCUT2D eigenvalue weighted by Crippen LogP contribution is 2.20. The largest absolute Gasteiger partial charge is 0.351 e. The number of benzene rings is 1. The van der Waals surface area contributed by atoms with E-state index in [9.17, 15) is 13.6 Å². The Hall–Kier alpha value is -1.49. The predicted octanol–water partition coefficient (Wildman–Crippen LogP) is 2.67.